The van der Waals surface area contributed by atoms with E-state index in [1.807, 2.05) is 80.6 Å². The Morgan fingerprint density at radius 1 is 1.05 bits per heavy atom. The molecule has 1 amide bonds. The number of hydrogen-bond donors (Lipinski definition) is 1. The van der Waals surface area contributed by atoms with E-state index in [1.54, 1.807) is 11.0 Å². The summed E-state index contributed by atoms with van der Waals surface area (Å²) in [5, 5.41) is 11.4. The zero-order valence-corrected chi connectivity index (χ0v) is 21.1. The molecule has 0 spiro atoms. The minimum Gasteiger partial charge on any atom is -0.507 e. The van der Waals surface area contributed by atoms with Gasteiger partial charge >= 0.3 is 0 Å². The minimum atomic E-state index is -0.702. The van der Waals surface area contributed by atoms with Gasteiger partial charge in [-0.25, -0.2) is 0 Å². The number of ketones is 1. The number of rotatable bonds is 8. The van der Waals surface area contributed by atoms with Crippen LogP contribution in [-0.2, 0) is 22.4 Å². The van der Waals surface area contributed by atoms with E-state index in [4.69, 9.17) is 9.47 Å². The summed E-state index contributed by atoms with van der Waals surface area (Å²) in [6.07, 6.45) is 2.27. The van der Waals surface area contributed by atoms with Crippen LogP contribution in [0.4, 0.5) is 0 Å². The molecule has 1 fully saturated rings. The van der Waals surface area contributed by atoms with Crippen LogP contribution in [0.3, 0.4) is 0 Å². The second-order valence-corrected chi connectivity index (χ2v) is 9.60. The van der Waals surface area contributed by atoms with Crippen molar-refractivity contribution in [1.29, 1.82) is 0 Å². The molecule has 2 aliphatic rings. The number of carbonyl (C=O) groups excluding carboxylic acids is 2. The van der Waals surface area contributed by atoms with Gasteiger partial charge in [0.05, 0.1) is 18.2 Å². The van der Waals surface area contributed by atoms with E-state index in [9.17, 15) is 14.7 Å². The highest BCUT2D eigenvalue weighted by Crippen LogP contribution is 2.41. The zero-order chi connectivity index (χ0) is 25.9. The Bertz CT molecular complexity index is 1330. The maximum Gasteiger partial charge on any atom is 0.295 e. The lowest BCUT2D eigenvalue weighted by atomic mass is 9.94. The Hall–Kier alpha value is -4.06. The number of aliphatic hydroxyl groups excluding tert-OH is 1. The third-order valence-corrected chi connectivity index (χ3v) is 6.86. The van der Waals surface area contributed by atoms with Gasteiger partial charge in [-0.05, 0) is 66.8 Å². The van der Waals surface area contributed by atoms with E-state index in [-0.39, 0.29) is 17.4 Å². The molecular formula is C31H31NO5. The van der Waals surface area contributed by atoms with Gasteiger partial charge in [0, 0.05) is 18.5 Å². The molecule has 190 valence electrons. The van der Waals surface area contributed by atoms with Crippen LogP contribution in [-0.4, -0.2) is 41.0 Å². The maximum absolute atomic E-state index is 13.4. The summed E-state index contributed by atoms with van der Waals surface area (Å²) in [5.74, 6) is 0.0595. The van der Waals surface area contributed by atoms with E-state index < -0.39 is 17.7 Å². The topological polar surface area (TPSA) is 76.1 Å². The predicted molar refractivity (Wildman–Crippen MR) is 142 cm³/mol. The van der Waals surface area contributed by atoms with Gasteiger partial charge in [0.2, 0.25) is 0 Å². The highest BCUT2D eigenvalue weighted by molar-refractivity contribution is 6.46. The summed E-state index contributed by atoms with van der Waals surface area (Å²) in [4.78, 5) is 28.2. The maximum atomic E-state index is 13.4. The zero-order valence-electron chi connectivity index (χ0n) is 21.1. The lowest BCUT2D eigenvalue weighted by Gasteiger charge is -2.25. The number of amides is 1. The molecule has 2 atom stereocenters. The number of likely N-dealkylation sites (tertiary alicyclic amines) is 1. The Morgan fingerprint density at radius 3 is 2.54 bits per heavy atom. The molecule has 5 rings (SSSR count). The summed E-state index contributed by atoms with van der Waals surface area (Å²) in [6, 6.07) is 22.0. The number of Topliss-reactive ketones (excluding diaryl/α,β-unsaturated/α-hetero) is 1. The summed E-state index contributed by atoms with van der Waals surface area (Å²) >= 11 is 0. The van der Waals surface area contributed by atoms with E-state index in [1.165, 1.54) is 0 Å². The molecule has 0 bridgehead atoms. The number of carbonyl (C=O) groups is 2. The highest BCUT2D eigenvalue weighted by atomic mass is 16.5. The second kappa shape index (κ2) is 10.5. The fourth-order valence-electron chi connectivity index (χ4n) is 5.04. The van der Waals surface area contributed by atoms with Gasteiger partial charge in [-0.15, -0.1) is 0 Å². The van der Waals surface area contributed by atoms with Gasteiger partial charge in [0.25, 0.3) is 11.7 Å². The first-order valence-corrected chi connectivity index (χ1v) is 12.8. The van der Waals surface area contributed by atoms with Gasteiger partial charge in [-0.1, -0.05) is 49.4 Å². The molecule has 6 heteroatoms. The first kappa shape index (κ1) is 24.6. The molecule has 1 N–H and O–H groups in total. The van der Waals surface area contributed by atoms with Crippen LogP contribution in [0.5, 0.6) is 11.5 Å². The van der Waals surface area contributed by atoms with Crippen molar-refractivity contribution >= 4 is 17.4 Å². The first-order chi connectivity index (χ1) is 18.0. The molecule has 1 saturated heterocycles. The number of benzene rings is 3. The monoisotopic (exact) mass is 497 g/mol. The molecule has 3 aromatic carbocycles. The first-order valence-electron chi connectivity index (χ1n) is 12.8. The van der Waals surface area contributed by atoms with Crippen molar-refractivity contribution in [3.05, 3.63) is 101 Å². The van der Waals surface area contributed by atoms with E-state index >= 15 is 0 Å². The molecule has 37 heavy (non-hydrogen) atoms. The second-order valence-electron chi connectivity index (χ2n) is 9.60. The molecule has 0 radical (unpaired) electrons. The molecule has 0 saturated carbocycles. The molecule has 2 heterocycles. The summed E-state index contributed by atoms with van der Waals surface area (Å²) in [5.41, 5.74) is 3.40. The number of aliphatic hydroxyl groups is 1. The number of nitrogens with zero attached hydrogens (tertiary/aromatic N) is 1. The molecule has 0 aliphatic carbocycles. The number of ether oxygens (including phenoxy) is 2. The van der Waals surface area contributed by atoms with Crippen molar-refractivity contribution in [2.45, 2.75) is 45.3 Å². The van der Waals surface area contributed by atoms with Gasteiger partial charge in [-0.3, -0.25) is 9.59 Å². The van der Waals surface area contributed by atoms with Crippen LogP contribution in [0.25, 0.3) is 5.76 Å². The highest BCUT2D eigenvalue weighted by Gasteiger charge is 2.46. The Labute approximate surface area is 217 Å². The summed E-state index contributed by atoms with van der Waals surface area (Å²) < 4.78 is 11.5. The number of fused-ring (bicyclic) bond motifs is 1. The normalized spacial score (nSPS) is 20.1. The van der Waals surface area contributed by atoms with Crippen molar-refractivity contribution in [1.82, 2.24) is 4.90 Å². The van der Waals surface area contributed by atoms with Gasteiger partial charge < -0.3 is 19.5 Å². The Balaban J connectivity index is 1.54. The van der Waals surface area contributed by atoms with Crippen molar-refractivity contribution < 1.29 is 24.2 Å². The van der Waals surface area contributed by atoms with Gasteiger partial charge in [0.1, 0.15) is 23.4 Å². The molecule has 2 aliphatic heterocycles. The van der Waals surface area contributed by atoms with E-state index in [2.05, 4.69) is 0 Å². The minimum absolute atomic E-state index is 0.0596. The summed E-state index contributed by atoms with van der Waals surface area (Å²) in [7, 11) is 0. The van der Waals surface area contributed by atoms with Crippen molar-refractivity contribution in [2.24, 2.45) is 0 Å². The largest absolute Gasteiger partial charge is 0.507 e. The van der Waals surface area contributed by atoms with E-state index in [0.717, 1.165) is 41.0 Å². The van der Waals surface area contributed by atoms with Crippen LogP contribution in [0.1, 0.15) is 48.6 Å². The van der Waals surface area contributed by atoms with Crippen LogP contribution in [0.15, 0.2) is 78.4 Å². The SMILES string of the molecule is CCCOc1ccc([C@@H]2C(=C(O)c3ccc4c(c3)C[C@H](C)O4)C(=O)C(=O)N2CCc2ccccc2)cc1. The van der Waals surface area contributed by atoms with Gasteiger partial charge in [0.15, 0.2) is 0 Å². The average Bonchev–Trinajstić information content (AvgIpc) is 3.42. The van der Waals surface area contributed by atoms with Crippen LogP contribution >= 0.6 is 0 Å². The fourth-order valence-corrected chi connectivity index (χ4v) is 5.04. The summed E-state index contributed by atoms with van der Waals surface area (Å²) in [6.45, 7) is 4.99. The third-order valence-electron chi connectivity index (χ3n) is 6.86. The quantitative estimate of drug-likeness (QED) is 0.254. The lowest BCUT2D eigenvalue weighted by molar-refractivity contribution is -0.139. The average molecular weight is 498 g/mol. The molecular weight excluding hydrogens is 466 g/mol. The smallest absolute Gasteiger partial charge is 0.295 e. The van der Waals surface area contributed by atoms with Crippen LogP contribution in [0, 0.1) is 0 Å². The molecule has 0 unspecified atom stereocenters. The van der Waals surface area contributed by atoms with Gasteiger partial charge in [-0.2, -0.15) is 0 Å². The third kappa shape index (κ3) is 4.96. The predicted octanol–water partition coefficient (Wildman–Crippen LogP) is 5.46. The van der Waals surface area contributed by atoms with E-state index in [0.29, 0.717) is 25.1 Å². The molecule has 6 nitrogen and oxygen atoms in total. The van der Waals surface area contributed by atoms with Crippen molar-refractivity contribution in [3.63, 3.8) is 0 Å². The Kier molecular flexibility index (Phi) is 6.99. The molecule has 3 aromatic rings. The van der Waals surface area contributed by atoms with Crippen LogP contribution in [0.2, 0.25) is 0 Å². The standard InChI is InChI=1S/C31H31NO5/c1-3-17-36-25-12-9-22(10-13-25)28-27(29(33)23-11-14-26-24(19-23)18-20(2)37-26)30(34)31(35)32(28)16-15-21-7-5-4-6-8-21/h4-14,19-20,28,33H,3,15-18H2,1-2H3/t20-,28+/m0/s1. The van der Waals surface area contributed by atoms with Crippen molar-refractivity contribution in [3.8, 4) is 11.5 Å². The lowest BCUT2D eigenvalue weighted by Crippen LogP contribution is -2.31. The molecule has 0 aromatic heterocycles. The number of hydrogen-bond acceptors (Lipinski definition) is 5. The Morgan fingerprint density at radius 2 is 1.81 bits per heavy atom. The van der Waals surface area contributed by atoms with Crippen molar-refractivity contribution in [2.75, 3.05) is 13.2 Å². The fraction of sp³-hybridized carbons (Fsp3) is 0.290. The van der Waals surface area contributed by atoms with Crippen LogP contribution < -0.4 is 9.47 Å².